The Balaban J connectivity index is 1.77. The predicted molar refractivity (Wildman–Crippen MR) is 106 cm³/mol. The zero-order valence-electron chi connectivity index (χ0n) is 17.7. The van der Waals surface area contributed by atoms with Gasteiger partial charge in [-0.05, 0) is 18.1 Å². The number of nitrogens with one attached hydrogen (secondary N) is 1. The Labute approximate surface area is 182 Å². The van der Waals surface area contributed by atoms with Crippen molar-refractivity contribution in [2.75, 3.05) is 6.54 Å². The van der Waals surface area contributed by atoms with Gasteiger partial charge in [0.15, 0.2) is 0 Å². The average Bonchev–Trinajstić information content (AvgIpc) is 3.24. The van der Waals surface area contributed by atoms with Crippen LogP contribution >= 0.6 is 0 Å². The van der Waals surface area contributed by atoms with Crippen LogP contribution in [0.5, 0.6) is 0 Å². The summed E-state index contributed by atoms with van der Waals surface area (Å²) in [6.45, 7) is 2.68. The summed E-state index contributed by atoms with van der Waals surface area (Å²) >= 11 is 0. The molecule has 1 aliphatic heterocycles. The van der Waals surface area contributed by atoms with Crippen LogP contribution in [0.3, 0.4) is 0 Å². The molecule has 2 heterocycles. The molecule has 8 nitrogen and oxygen atoms in total. The average molecular weight is 452 g/mol. The first kappa shape index (κ1) is 23.5. The summed E-state index contributed by atoms with van der Waals surface area (Å²) < 4.78 is 42.0. The Morgan fingerprint density at radius 2 is 1.72 bits per heavy atom. The number of hydrogen-bond donors (Lipinski definition) is 2. The van der Waals surface area contributed by atoms with E-state index in [1.165, 1.54) is 25.4 Å². The van der Waals surface area contributed by atoms with Crippen LogP contribution in [-0.4, -0.2) is 56.0 Å². The zero-order chi connectivity index (χ0) is 23.8. The lowest BCUT2D eigenvalue weighted by atomic mass is 9.97. The predicted octanol–water partition coefficient (Wildman–Crippen LogP) is 2.00. The van der Waals surface area contributed by atoms with E-state index in [-0.39, 0.29) is 11.1 Å². The third-order valence-corrected chi connectivity index (χ3v) is 5.45. The van der Waals surface area contributed by atoms with Crippen molar-refractivity contribution in [2.24, 2.45) is 13.0 Å². The molecule has 1 aromatic heterocycles. The van der Waals surface area contributed by atoms with Gasteiger partial charge in [-0.2, -0.15) is 13.2 Å². The SMILES string of the molecule is CC(C)C(C(=O)NCCC(O)(c1nccn1C)C(F)(F)F)N1C(=O)c2ccccc2C1=O. The van der Waals surface area contributed by atoms with Crippen LogP contribution in [-0.2, 0) is 17.4 Å². The highest BCUT2D eigenvalue weighted by atomic mass is 19.4. The van der Waals surface area contributed by atoms with Crippen molar-refractivity contribution in [3.63, 3.8) is 0 Å². The molecular weight excluding hydrogens is 429 g/mol. The molecule has 0 aliphatic carbocycles. The van der Waals surface area contributed by atoms with Crippen molar-refractivity contribution in [3.8, 4) is 0 Å². The number of imidazole rings is 1. The molecule has 0 bridgehead atoms. The monoisotopic (exact) mass is 452 g/mol. The minimum Gasteiger partial charge on any atom is -0.374 e. The number of imide groups is 1. The van der Waals surface area contributed by atoms with Gasteiger partial charge in [-0.1, -0.05) is 26.0 Å². The fraction of sp³-hybridized carbons (Fsp3) is 0.429. The van der Waals surface area contributed by atoms with Crippen molar-refractivity contribution >= 4 is 17.7 Å². The number of aromatic nitrogens is 2. The molecule has 172 valence electrons. The Bertz CT molecular complexity index is 1010. The molecule has 2 aromatic rings. The third-order valence-electron chi connectivity index (χ3n) is 5.45. The number of rotatable bonds is 7. The highest BCUT2D eigenvalue weighted by molar-refractivity contribution is 6.22. The molecule has 3 amide bonds. The van der Waals surface area contributed by atoms with Crippen molar-refractivity contribution < 1.29 is 32.7 Å². The van der Waals surface area contributed by atoms with Crippen LogP contribution < -0.4 is 5.32 Å². The molecule has 11 heteroatoms. The van der Waals surface area contributed by atoms with Crippen LogP contribution in [0.2, 0.25) is 0 Å². The van der Waals surface area contributed by atoms with E-state index in [1.54, 1.807) is 26.0 Å². The second-order valence-corrected chi connectivity index (χ2v) is 7.98. The third kappa shape index (κ3) is 3.88. The van der Waals surface area contributed by atoms with Gasteiger partial charge in [-0.15, -0.1) is 0 Å². The number of hydrogen-bond acceptors (Lipinski definition) is 5. The summed E-state index contributed by atoms with van der Waals surface area (Å²) in [6.07, 6.45) is -3.56. The van der Waals surface area contributed by atoms with Gasteiger partial charge in [-0.25, -0.2) is 4.98 Å². The van der Waals surface area contributed by atoms with Crippen molar-refractivity contribution in [2.45, 2.75) is 38.1 Å². The summed E-state index contributed by atoms with van der Waals surface area (Å²) in [5.41, 5.74) is -2.96. The Hall–Kier alpha value is -3.21. The van der Waals surface area contributed by atoms with E-state index in [4.69, 9.17) is 0 Å². The normalized spacial score (nSPS) is 16.8. The molecular formula is C21H23F3N4O4. The summed E-state index contributed by atoms with van der Waals surface area (Å²) in [7, 11) is 1.31. The second kappa shape index (κ2) is 8.38. The molecule has 2 N–H and O–H groups in total. The molecule has 3 rings (SSSR count). The Kier molecular flexibility index (Phi) is 6.14. The highest BCUT2D eigenvalue weighted by Crippen LogP contribution is 2.40. The van der Waals surface area contributed by atoms with E-state index in [2.05, 4.69) is 10.3 Å². The number of carbonyl (C=O) groups excluding carboxylic acids is 3. The van der Waals surface area contributed by atoms with Crippen LogP contribution in [0.15, 0.2) is 36.7 Å². The summed E-state index contributed by atoms with van der Waals surface area (Å²) in [6, 6.07) is 4.90. The maximum Gasteiger partial charge on any atom is 0.424 e. The van der Waals surface area contributed by atoms with Crippen LogP contribution in [0.25, 0.3) is 0 Å². The fourth-order valence-corrected chi connectivity index (χ4v) is 3.79. The van der Waals surface area contributed by atoms with E-state index in [9.17, 15) is 32.7 Å². The van der Waals surface area contributed by atoms with Crippen LogP contribution in [0.1, 0.15) is 46.8 Å². The molecule has 0 radical (unpaired) electrons. The van der Waals surface area contributed by atoms with Gasteiger partial charge in [0.25, 0.3) is 11.8 Å². The zero-order valence-corrected chi connectivity index (χ0v) is 17.7. The van der Waals surface area contributed by atoms with Crippen LogP contribution in [0, 0.1) is 5.92 Å². The van der Waals surface area contributed by atoms with E-state index < -0.39 is 60.2 Å². The molecule has 0 saturated carbocycles. The quantitative estimate of drug-likeness (QED) is 0.626. The van der Waals surface area contributed by atoms with Gasteiger partial charge >= 0.3 is 6.18 Å². The molecule has 0 spiro atoms. The fourth-order valence-electron chi connectivity index (χ4n) is 3.79. The molecule has 2 unspecified atom stereocenters. The Morgan fingerprint density at radius 1 is 1.16 bits per heavy atom. The number of nitrogens with zero attached hydrogens (tertiary/aromatic N) is 3. The summed E-state index contributed by atoms with van der Waals surface area (Å²) in [5, 5.41) is 12.7. The number of halogens is 3. The smallest absolute Gasteiger partial charge is 0.374 e. The lowest BCUT2D eigenvalue weighted by Crippen LogP contribution is -2.53. The minimum absolute atomic E-state index is 0.164. The molecule has 1 aromatic carbocycles. The first-order valence-electron chi connectivity index (χ1n) is 9.91. The number of alkyl halides is 3. The maximum absolute atomic E-state index is 13.6. The van der Waals surface area contributed by atoms with E-state index in [1.807, 2.05) is 0 Å². The van der Waals surface area contributed by atoms with Gasteiger partial charge in [0.05, 0.1) is 11.1 Å². The largest absolute Gasteiger partial charge is 0.424 e. The van der Waals surface area contributed by atoms with Crippen molar-refractivity contribution in [1.29, 1.82) is 0 Å². The minimum atomic E-state index is -5.04. The van der Waals surface area contributed by atoms with Gasteiger partial charge in [0.1, 0.15) is 11.9 Å². The van der Waals surface area contributed by atoms with Gasteiger partial charge < -0.3 is 15.0 Å². The Morgan fingerprint density at radius 3 is 2.16 bits per heavy atom. The molecule has 0 fully saturated rings. The topological polar surface area (TPSA) is 105 Å². The second-order valence-electron chi connectivity index (χ2n) is 7.98. The number of benzene rings is 1. The van der Waals surface area contributed by atoms with Gasteiger partial charge in [0.2, 0.25) is 11.5 Å². The summed E-state index contributed by atoms with van der Waals surface area (Å²) in [5.74, 6) is -3.19. The number of aryl methyl sites for hydroxylation is 1. The maximum atomic E-state index is 13.6. The summed E-state index contributed by atoms with van der Waals surface area (Å²) in [4.78, 5) is 42.8. The number of fused-ring (bicyclic) bond motifs is 1. The van der Waals surface area contributed by atoms with Crippen molar-refractivity contribution in [1.82, 2.24) is 19.8 Å². The van der Waals surface area contributed by atoms with Gasteiger partial charge in [-0.3, -0.25) is 19.3 Å². The lowest BCUT2D eigenvalue weighted by Gasteiger charge is -2.31. The molecule has 1 aliphatic rings. The number of carbonyl (C=O) groups is 3. The number of amides is 3. The van der Waals surface area contributed by atoms with E-state index in [0.29, 0.717) is 0 Å². The standard InChI is InChI=1S/C21H23F3N4O4/c1-12(2)15(28-17(30)13-6-4-5-7-14(13)18(28)31)16(29)25-9-8-20(32,21(22,23)24)19-26-10-11-27(19)3/h4-7,10-12,15,32H,8-9H2,1-3H3,(H,25,29). The molecule has 2 atom stereocenters. The lowest BCUT2D eigenvalue weighted by molar-refractivity contribution is -0.272. The molecule has 32 heavy (non-hydrogen) atoms. The first-order valence-corrected chi connectivity index (χ1v) is 9.91. The van der Waals surface area contributed by atoms with Crippen LogP contribution in [0.4, 0.5) is 13.2 Å². The van der Waals surface area contributed by atoms with Crippen molar-refractivity contribution in [3.05, 3.63) is 53.6 Å². The highest BCUT2D eigenvalue weighted by Gasteiger charge is 2.57. The van der Waals surface area contributed by atoms with E-state index in [0.717, 1.165) is 15.7 Å². The van der Waals surface area contributed by atoms with E-state index >= 15 is 0 Å². The number of aliphatic hydroxyl groups is 1. The molecule has 0 saturated heterocycles. The first-order chi connectivity index (χ1) is 14.9. The van der Waals surface area contributed by atoms with Gasteiger partial charge in [0, 0.05) is 32.4 Å².